The standard InChI is InChI=1S/C13H22N2/c1-13(2)9-11(10-14)7-8-15(13)12-5-3-4-6-12/h11-12H,3-9H2,1-2H3. The average Bonchev–Trinajstić information content (AvgIpc) is 2.69. The maximum Gasteiger partial charge on any atom is 0.0657 e. The van der Waals surface area contributed by atoms with Crippen LogP contribution in [0.2, 0.25) is 0 Å². The molecule has 0 aromatic rings. The van der Waals surface area contributed by atoms with Crippen molar-refractivity contribution < 1.29 is 0 Å². The van der Waals surface area contributed by atoms with Crippen LogP contribution in [0.3, 0.4) is 0 Å². The Labute approximate surface area is 93.3 Å². The third-order valence-corrected chi connectivity index (χ3v) is 4.19. The van der Waals surface area contributed by atoms with Crippen molar-refractivity contribution in [3.05, 3.63) is 0 Å². The zero-order valence-electron chi connectivity index (χ0n) is 10.00. The lowest BCUT2D eigenvalue weighted by Crippen LogP contribution is -2.53. The molecule has 1 unspecified atom stereocenters. The Hall–Kier alpha value is -0.550. The van der Waals surface area contributed by atoms with Crippen LogP contribution < -0.4 is 0 Å². The Kier molecular flexibility index (Phi) is 3.02. The van der Waals surface area contributed by atoms with Gasteiger partial charge in [0.2, 0.25) is 0 Å². The van der Waals surface area contributed by atoms with Crippen LogP contribution in [0.15, 0.2) is 0 Å². The molecule has 1 aliphatic carbocycles. The van der Waals surface area contributed by atoms with Crippen molar-refractivity contribution in [2.24, 2.45) is 5.92 Å². The van der Waals surface area contributed by atoms with Gasteiger partial charge in [-0.05, 0) is 39.5 Å². The van der Waals surface area contributed by atoms with Gasteiger partial charge >= 0.3 is 0 Å². The molecule has 0 bridgehead atoms. The van der Waals surface area contributed by atoms with Crippen molar-refractivity contribution in [2.45, 2.75) is 64.0 Å². The number of piperidine rings is 1. The molecule has 15 heavy (non-hydrogen) atoms. The zero-order valence-corrected chi connectivity index (χ0v) is 10.00. The third kappa shape index (κ3) is 2.18. The minimum Gasteiger partial charge on any atom is -0.295 e. The maximum atomic E-state index is 9.01. The van der Waals surface area contributed by atoms with Crippen LogP contribution in [0.5, 0.6) is 0 Å². The minimum absolute atomic E-state index is 0.244. The normalized spacial score (nSPS) is 32.7. The molecular formula is C13H22N2. The van der Waals surface area contributed by atoms with Gasteiger partial charge in [0.05, 0.1) is 6.07 Å². The lowest BCUT2D eigenvalue weighted by atomic mass is 9.82. The molecule has 2 fully saturated rings. The van der Waals surface area contributed by atoms with E-state index in [0.717, 1.165) is 25.4 Å². The van der Waals surface area contributed by atoms with Crippen LogP contribution in [0, 0.1) is 17.2 Å². The van der Waals surface area contributed by atoms with Crippen LogP contribution in [0.4, 0.5) is 0 Å². The highest BCUT2D eigenvalue weighted by molar-refractivity contribution is 4.99. The molecule has 0 radical (unpaired) electrons. The van der Waals surface area contributed by atoms with Gasteiger partial charge in [-0.2, -0.15) is 5.26 Å². The fourth-order valence-electron chi connectivity index (χ4n) is 3.42. The lowest BCUT2D eigenvalue weighted by Gasteiger charge is -2.47. The summed E-state index contributed by atoms with van der Waals surface area (Å²) in [5.41, 5.74) is 0.244. The predicted octanol–water partition coefficient (Wildman–Crippen LogP) is 2.94. The molecule has 1 saturated heterocycles. The Morgan fingerprint density at radius 1 is 1.20 bits per heavy atom. The highest BCUT2D eigenvalue weighted by atomic mass is 15.2. The quantitative estimate of drug-likeness (QED) is 0.659. The zero-order chi connectivity index (χ0) is 10.9. The highest BCUT2D eigenvalue weighted by Crippen LogP contribution is 2.37. The van der Waals surface area contributed by atoms with Gasteiger partial charge in [0.15, 0.2) is 0 Å². The maximum absolute atomic E-state index is 9.01. The Morgan fingerprint density at radius 3 is 2.40 bits per heavy atom. The first-order valence-corrected chi connectivity index (χ1v) is 6.30. The van der Waals surface area contributed by atoms with E-state index in [0.29, 0.717) is 0 Å². The van der Waals surface area contributed by atoms with E-state index in [1.165, 1.54) is 25.7 Å². The van der Waals surface area contributed by atoms with E-state index in [1.54, 1.807) is 0 Å². The van der Waals surface area contributed by atoms with E-state index in [9.17, 15) is 0 Å². The molecule has 1 saturated carbocycles. The molecule has 2 nitrogen and oxygen atoms in total. The average molecular weight is 206 g/mol. The van der Waals surface area contributed by atoms with Crippen molar-refractivity contribution in [3.63, 3.8) is 0 Å². The molecule has 0 N–H and O–H groups in total. The summed E-state index contributed by atoms with van der Waals surface area (Å²) in [6.07, 6.45) is 7.69. The fourth-order valence-corrected chi connectivity index (χ4v) is 3.42. The first-order valence-electron chi connectivity index (χ1n) is 6.30. The molecule has 1 aliphatic heterocycles. The van der Waals surface area contributed by atoms with E-state index >= 15 is 0 Å². The van der Waals surface area contributed by atoms with Gasteiger partial charge in [0.25, 0.3) is 0 Å². The van der Waals surface area contributed by atoms with Gasteiger partial charge in [-0.1, -0.05) is 12.8 Å². The van der Waals surface area contributed by atoms with E-state index in [-0.39, 0.29) is 11.5 Å². The van der Waals surface area contributed by atoms with Gasteiger partial charge < -0.3 is 0 Å². The topological polar surface area (TPSA) is 27.0 Å². The van der Waals surface area contributed by atoms with E-state index < -0.39 is 0 Å². The smallest absolute Gasteiger partial charge is 0.0657 e. The molecule has 0 aromatic heterocycles. The summed E-state index contributed by atoms with van der Waals surface area (Å²) in [6.45, 7) is 5.76. The largest absolute Gasteiger partial charge is 0.295 e. The summed E-state index contributed by atoms with van der Waals surface area (Å²) in [5, 5.41) is 9.01. The Bertz CT molecular complexity index is 258. The molecule has 1 atom stereocenters. The summed E-state index contributed by atoms with van der Waals surface area (Å²) in [4.78, 5) is 2.67. The summed E-state index contributed by atoms with van der Waals surface area (Å²) in [7, 11) is 0. The van der Waals surface area contributed by atoms with Gasteiger partial charge in [-0.15, -0.1) is 0 Å². The SMILES string of the molecule is CC1(C)CC(C#N)CCN1C1CCCC1. The van der Waals surface area contributed by atoms with E-state index in [1.807, 2.05) is 0 Å². The van der Waals surface area contributed by atoms with Crippen LogP contribution >= 0.6 is 0 Å². The number of nitriles is 1. The van der Waals surface area contributed by atoms with Crippen molar-refractivity contribution >= 4 is 0 Å². The highest BCUT2D eigenvalue weighted by Gasteiger charge is 2.39. The Balaban J connectivity index is 2.04. The van der Waals surface area contributed by atoms with Crippen LogP contribution in [-0.2, 0) is 0 Å². The fraction of sp³-hybridized carbons (Fsp3) is 0.923. The first kappa shape index (κ1) is 11.0. The Morgan fingerprint density at radius 2 is 1.87 bits per heavy atom. The van der Waals surface area contributed by atoms with Crippen LogP contribution in [0.1, 0.15) is 52.4 Å². The van der Waals surface area contributed by atoms with Gasteiger partial charge in [0, 0.05) is 24.0 Å². The molecular weight excluding hydrogens is 184 g/mol. The lowest BCUT2D eigenvalue weighted by molar-refractivity contribution is 0.0219. The summed E-state index contributed by atoms with van der Waals surface area (Å²) < 4.78 is 0. The van der Waals surface area contributed by atoms with Crippen molar-refractivity contribution in [1.29, 1.82) is 5.26 Å². The van der Waals surface area contributed by atoms with Crippen LogP contribution in [-0.4, -0.2) is 23.0 Å². The molecule has 2 rings (SSSR count). The molecule has 84 valence electrons. The molecule has 2 aliphatic rings. The number of likely N-dealkylation sites (tertiary alicyclic amines) is 1. The van der Waals surface area contributed by atoms with Gasteiger partial charge in [0.1, 0.15) is 0 Å². The second kappa shape index (κ2) is 4.14. The molecule has 0 aromatic carbocycles. The van der Waals surface area contributed by atoms with Gasteiger partial charge in [-0.25, -0.2) is 0 Å². The molecule has 0 amide bonds. The minimum atomic E-state index is 0.244. The van der Waals surface area contributed by atoms with Crippen molar-refractivity contribution in [2.75, 3.05) is 6.54 Å². The van der Waals surface area contributed by atoms with E-state index in [2.05, 4.69) is 24.8 Å². The number of hydrogen-bond acceptors (Lipinski definition) is 2. The summed E-state index contributed by atoms with van der Waals surface area (Å²) >= 11 is 0. The van der Waals surface area contributed by atoms with E-state index in [4.69, 9.17) is 5.26 Å². The second-order valence-corrected chi connectivity index (χ2v) is 5.76. The number of hydrogen-bond donors (Lipinski definition) is 0. The summed E-state index contributed by atoms with van der Waals surface area (Å²) in [6, 6.07) is 3.25. The molecule has 0 spiro atoms. The first-order chi connectivity index (χ1) is 7.13. The number of rotatable bonds is 1. The van der Waals surface area contributed by atoms with Gasteiger partial charge in [-0.3, -0.25) is 4.90 Å². The van der Waals surface area contributed by atoms with Crippen LogP contribution in [0.25, 0.3) is 0 Å². The third-order valence-electron chi connectivity index (χ3n) is 4.19. The van der Waals surface area contributed by atoms with Crippen molar-refractivity contribution in [1.82, 2.24) is 4.90 Å². The van der Waals surface area contributed by atoms with Crippen molar-refractivity contribution in [3.8, 4) is 6.07 Å². The molecule has 1 heterocycles. The molecule has 2 heteroatoms. The predicted molar refractivity (Wildman–Crippen MR) is 61.4 cm³/mol. The second-order valence-electron chi connectivity index (χ2n) is 5.76. The monoisotopic (exact) mass is 206 g/mol. The summed E-state index contributed by atoms with van der Waals surface area (Å²) in [5.74, 6) is 0.289. The number of nitrogens with zero attached hydrogens (tertiary/aromatic N) is 2.